The second-order valence-corrected chi connectivity index (χ2v) is 4.20. The second kappa shape index (κ2) is 4.57. The third-order valence-corrected chi connectivity index (χ3v) is 2.92. The van der Waals surface area contributed by atoms with Crippen molar-refractivity contribution in [2.75, 3.05) is 5.32 Å². The topological polar surface area (TPSA) is 105 Å². The van der Waals surface area contributed by atoms with Crippen molar-refractivity contribution in [2.45, 2.75) is 6.92 Å². The van der Waals surface area contributed by atoms with Crippen molar-refractivity contribution < 1.29 is 4.79 Å². The van der Waals surface area contributed by atoms with Crippen LogP contribution in [-0.4, -0.2) is 30.9 Å². The first-order valence-corrected chi connectivity index (χ1v) is 5.83. The maximum atomic E-state index is 12.3. The van der Waals surface area contributed by atoms with Gasteiger partial charge in [0, 0.05) is 6.20 Å². The Morgan fingerprint density at radius 1 is 1.35 bits per heavy atom. The van der Waals surface area contributed by atoms with Crippen molar-refractivity contribution in [3.8, 4) is 0 Å². The maximum absolute atomic E-state index is 12.3. The summed E-state index contributed by atoms with van der Waals surface area (Å²) in [5.41, 5.74) is 1.34. The number of carbonyl (C=O) groups is 1. The molecule has 8 nitrogen and oxygen atoms in total. The molecule has 100 valence electrons. The summed E-state index contributed by atoms with van der Waals surface area (Å²) in [7, 11) is 0. The number of H-pyrrole nitrogens is 1. The zero-order valence-electron chi connectivity index (χ0n) is 10.5. The van der Waals surface area contributed by atoms with E-state index in [9.17, 15) is 9.59 Å². The normalized spacial score (nSPS) is 10.7. The van der Waals surface area contributed by atoms with Gasteiger partial charge >= 0.3 is 0 Å². The Balaban J connectivity index is 2.07. The standard InChI is InChI=1S/C12H10N6O2/c1-7-3-2-6-18-9(7)5-4-8(11(18)20)10(19)13-12-14-16-17-15-12/h2-6H,1H3,(H2,13,14,15,16,17,19). The Morgan fingerprint density at radius 2 is 2.20 bits per heavy atom. The SMILES string of the molecule is Cc1cccn2c(=O)c(C(=O)Nc3nnn[nH]3)ccc12. The van der Waals surface area contributed by atoms with E-state index in [4.69, 9.17) is 0 Å². The summed E-state index contributed by atoms with van der Waals surface area (Å²) in [4.78, 5) is 24.3. The van der Waals surface area contributed by atoms with E-state index in [1.807, 2.05) is 13.0 Å². The summed E-state index contributed by atoms with van der Waals surface area (Å²) in [6, 6.07) is 6.87. The van der Waals surface area contributed by atoms with Crippen LogP contribution in [0.3, 0.4) is 0 Å². The van der Waals surface area contributed by atoms with Crippen LogP contribution in [0, 0.1) is 6.92 Å². The smallest absolute Gasteiger partial charge is 0.267 e. The number of anilines is 1. The molecule has 0 saturated heterocycles. The molecule has 0 aliphatic heterocycles. The van der Waals surface area contributed by atoms with Crippen LogP contribution in [0.25, 0.3) is 5.52 Å². The van der Waals surface area contributed by atoms with E-state index in [0.29, 0.717) is 0 Å². The molecule has 3 aromatic heterocycles. The molecule has 0 aliphatic carbocycles. The summed E-state index contributed by atoms with van der Waals surface area (Å²) in [5, 5.41) is 15.0. The van der Waals surface area contributed by atoms with E-state index in [0.717, 1.165) is 11.1 Å². The Kier molecular flexibility index (Phi) is 2.75. The molecule has 3 aromatic rings. The van der Waals surface area contributed by atoms with Gasteiger partial charge in [-0.3, -0.25) is 19.3 Å². The number of hydrogen-bond acceptors (Lipinski definition) is 5. The van der Waals surface area contributed by atoms with Crippen LogP contribution in [0.2, 0.25) is 0 Å². The number of aromatic amines is 1. The third kappa shape index (κ3) is 1.92. The summed E-state index contributed by atoms with van der Waals surface area (Å²) < 4.78 is 1.43. The minimum absolute atomic E-state index is 0.0181. The largest absolute Gasteiger partial charge is 0.289 e. The van der Waals surface area contributed by atoms with Gasteiger partial charge in [-0.05, 0) is 41.1 Å². The fourth-order valence-corrected chi connectivity index (χ4v) is 1.94. The van der Waals surface area contributed by atoms with Gasteiger partial charge in [0.25, 0.3) is 11.5 Å². The highest BCUT2D eigenvalue weighted by molar-refractivity contribution is 6.03. The Hall–Kier alpha value is -3.03. The molecule has 0 fully saturated rings. The molecule has 20 heavy (non-hydrogen) atoms. The molecule has 0 aliphatic rings. The average molecular weight is 270 g/mol. The lowest BCUT2D eigenvalue weighted by Gasteiger charge is -2.06. The molecule has 0 spiro atoms. The first-order valence-electron chi connectivity index (χ1n) is 5.83. The molecule has 0 bridgehead atoms. The highest BCUT2D eigenvalue weighted by Crippen LogP contribution is 2.08. The van der Waals surface area contributed by atoms with E-state index in [2.05, 4.69) is 25.9 Å². The summed E-state index contributed by atoms with van der Waals surface area (Å²) >= 11 is 0. The Morgan fingerprint density at radius 3 is 2.95 bits per heavy atom. The number of hydrogen-bond donors (Lipinski definition) is 2. The molecule has 0 aromatic carbocycles. The summed E-state index contributed by atoms with van der Waals surface area (Å²) in [6.07, 6.45) is 1.62. The monoisotopic (exact) mass is 270 g/mol. The number of pyridine rings is 2. The van der Waals surface area contributed by atoms with Gasteiger partial charge in [-0.1, -0.05) is 11.2 Å². The van der Waals surface area contributed by atoms with Crippen LogP contribution in [0.4, 0.5) is 5.95 Å². The van der Waals surface area contributed by atoms with E-state index >= 15 is 0 Å². The lowest BCUT2D eigenvalue weighted by Crippen LogP contribution is -2.26. The molecule has 0 atom stereocenters. The van der Waals surface area contributed by atoms with Crippen molar-refractivity contribution in [2.24, 2.45) is 0 Å². The molecule has 0 unspecified atom stereocenters. The molecule has 8 heteroatoms. The molecular weight excluding hydrogens is 260 g/mol. The van der Waals surface area contributed by atoms with Gasteiger partial charge < -0.3 is 0 Å². The number of nitrogens with zero attached hydrogens (tertiary/aromatic N) is 4. The third-order valence-electron chi connectivity index (χ3n) is 2.92. The second-order valence-electron chi connectivity index (χ2n) is 4.20. The zero-order valence-corrected chi connectivity index (χ0v) is 10.5. The lowest BCUT2D eigenvalue weighted by molar-refractivity contribution is 0.102. The number of amides is 1. The molecule has 2 N–H and O–H groups in total. The number of aryl methyl sites for hydroxylation is 1. The number of fused-ring (bicyclic) bond motifs is 1. The van der Waals surface area contributed by atoms with Crippen molar-refractivity contribution in [1.82, 2.24) is 25.0 Å². The predicted octanol–water partition coefficient (Wildman–Crippen LogP) is 0.373. The fraction of sp³-hybridized carbons (Fsp3) is 0.0833. The van der Waals surface area contributed by atoms with E-state index in [-0.39, 0.29) is 11.5 Å². The van der Waals surface area contributed by atoms with Crippen molar-refractivity contribution in [1.29, 1.82) is 0 Å². The minimum Gasteiger partial charge on any atom is -0.289 e. The van der Waals surface area contributed by atoms with Crippen molar-refractivity contribution in [3.63, 3.8) is 0 Å². The summed E-state index contributed by atoms with van der Waals surface area (Å²) in [5.74, 6) is -0.479. The Labute approximate surface area is 112 Å². The van der Waals surface area contributed by atoms with E-state index < -0.39 is 11.5 Å². The van der Waals surface area contributed by atoms with E-state index in [1.54, 1.807) is 18.3 Å². The number of rotatable bonds is 2. The minimum atomic E-state index is -0.565. The van der Waals surface area contributed by atoms with Gasteiger partial charge in [-0.25, -0.2) is 5.10 Å². The first-order chi connectivity index (χ1) is 9.66. The molecule has 3 rings (SSSR count). The van der Waals surface area contributed by atoms with Gasteiger partial charge in [0.05, 0.1) is 5.52 Å². The van der Waals surface area contributed by atoms with Crippen LogP contribution in [-0.2, 0) is 0 Å². The zero-order chi connectivity index (χ0) is 14.1. The molecular formula is C12H10N6O2. The van der Waals surface area contributed by atoms with Crippen LogP contribution in [0.15, 0.2) is 35.3 Å². The molecule has 1 amide bonds. The quantitative estimate of drug-likeness (QED) is 0.700. The van der Waals surface area contributed by atoms with Crippen LogP contribution < -0.4 is 10.9 Å². The van der Waals surface area contributed by atoms with Crippen LogP contribution >= 0.6 is 0 Å². The highest BCUT2D eigenvalue weighted by atomic mass is 16.2. The molecule has 3 heterocycles. The Bertz CT molecular complexity index is 837. The fourth-order valence-electron chi connectivity index (χ4n) is 1.94. The first kappa shape index (κ1) is 12.0. The average Bonchev–Trinajstić information content (AvgIpc) is 2.93. The number of tetrazole rings is 1. The van der Waals surface area contributed by atoms with Gasteiger partial charge in [0.1, 0.15) is 5.56 Å². The van der Waals surface area contributed by atoms with Gasteiger partial charge in [-0.2, -0.15) is 0 Å². The summed E-state index contributed by atoms with van der Waals surface area (Å²) in [6.45, 7) is 1.90. The maximum Gasteiger partial charge on any atom is 0.267 e. The van der Waals surface area contributed by atoms with Crippen LogP contribution in [0.5, 0.6) is 0 Å². The number of aromatic nitrogens is 5. The number of nitrogens with one attached hydrogen (secondary N) is 2. The van der Waals surface area contributed by atoms with Crippen LogP contribution in [0.1, 0.15) is 15.9 Å². The molecule has 0 saturated carbocycles. The van der Waals surface area contributed by atoms with Gasteiger partial charge in [0.2, 0.25) is 5.95 Å². The van der Waals surface area contributed by atoms with Gasteiger partial charge in [-0.15, -0.1) is 0 Å². The van der Waals surface area contributed by atoms with Crippen molar-refractivity contribution in [3.05, 3.63) is 51.9 Å². The highest BCUT2D eigenvalue weighted by Gasteiger charge is 2.14. The van der Waals surface area contributed by atoms with Crippen molar-refractivity contribution >= 4 is 17.4 Å². The lowest BCUT2D eigenvalue weighted by atomic mass is 10.2. The molecule has 0 radical (unpaired) electrons. The number of carbonyl (C=O) groups excluding carboxylic acids is 1. The van der Waals surface area contributed by atoms with E-state index in [1.165, 1.54) is 10.5 Å². The van der Waals surface area contributed by atoms with Gasteiger partial charge in [0.15, 0.2) is 0 Å². The predicted molar refractivity (Wildman–Crippen MR) is 70.5 cm³/mol.